The fraction of sp³-hybridized carbons (Fsp3) is 0.200. The quantitative estimate of drug-likeness (QED) is 0.634. The van der Waals surface area contributed by atoms with Crippen molar-refractivity contribution >= 4 is 17.5 Å². The highest BCUT2D eigenvalue weighted by atomic mass is 16.6. The Labute approximate surface area is 181 Å². The minimum Gasteiger partial charge on any atom is -0.486 e. The van der Waals surface area contributed by atoms with Gasteiger partial charge in [0.1, 0.15) is 13.2 Å². The van der Waals surface area contributed by atoms with E-state index in [0.717, 1.165) is 11.1 Å². The largest absolute Gasteiger partial charge is 0.486 e. The molecule has 4 rings (SSSR count). The summed E-state index contributed by atoms with van der Waals surface area (Å²) in [6.45, 7) is 2.96. The third-order valence-electron chi connectivity index (χ3n) is 5.03. The highest BCUT2D eigenvalue weighted by Crippen LogP contribution is 2.31. The predicted molar refractivity (Wildman–Crippen MR) is 119 cm³/mol. The molecule has 1 aliphatic rings. The lowest BCUT2D eigenvalue weighted by molar-refractivity contribution is -0.121. The summed E-state index contributed by atoms with van der Waals surface area (Å²) in [6, 6.07) is 21.9. The first-order valence-corrected chi connectivity index (χ1v) is 10.2. The molecule has 0 aliphatic carbocycles. The molecule has 3 aromatic carbocycles. The zero-order chi connectivity index (χ0) is 21.6. The van der Waals surface area contributed by atoms with Crippen LogP contribution in [0.5, 0.6) is 11.5 Å². The van der Waals surface area contributed by atoms with E-state index in [-0.39, 0.29) is 24.3 Å². The van der Waals surface area contributed by atoms with Gasteiger partial charge in [0, 0.05) is 11.3 Å². The Kier molecular flexibility index (Phi) is 6.17. The molecule has 1 heterocycles. The van der Waals surface area contributed by atoms with Crippen molar-refractivity contribution < 1.29 is 19.1 Å². The molecule has 6 heteroatoms. The first-order valence-electron chi connectivity index (χ1n) is 10.2. The van der Waals surface area contributed by atoms with E-state index in [1.165, 1.54) is 0 Å². The summed E-state index contributed by atoms with van der Waals surface area (Å²) in [6.07, 6.45) is 0.241. The van der Waals surface area contributed by atoms with Crippen LogP contribution in [0.15, 0.2) is 72.8 Å². The van der Waals surface area contributed by atoms with E-state index in [4.69, 9.17) is 9.47 Å². The van der Waals surface area contributed by atoms with Gasteiger partial charge in [-0.3, -0.25) is 9.59 Å². The van der Waals surface area contributed by atoms with Gasteiger partial charge in [0.15, 0.2) is 11.5 Å². The number of carbonyl (C=O) groups excluding carboxylic acids is 2. The highest BCUT2D eigenvalue weighted by molar-refractivity contribution is 6.04. The fourth-order valence-electron chi connectivity index (χ4n) is 3.44. The number of amides is 2. The number of ether oxygens (including phenoxy) is 2. The van der Waals surface area contributed by atoms with Crippen LogP contribution in [0.25, 0.3) is 0 Å². The van der Waals surface area contributed by atoms with Gasteiger partial charge in [0.2, 0.25) is 5.91 Å². The fourth-order valence-corrected chi connectivity index (χ4v) is 3.44. The van der Waals surface area contributed by atoms with Crippen LogP contribution in [0, 0.1) is 0 Å². The number of nitrogens with one attached hydrogen (secondary N) is 2. The number of hydrogen-bond donors (Lipinski definition) is 2. The van der Waals surface area contributed by atoms with Crippen molar-refractivity contribution in [3.8, 4) is 11.5 Å². The van der Waals surface area contributed by atoms with Gasteiger partial charge in [0.25, 0.3) is 5.91 Å². The Morgan fingerprint density at radius 3 is 2.48 bits per heavy atom. The van der Waals surface area contributed by atoms with E-state index in [1.807, 2.05) is 67.6 Å². The molecule has 0 saturated carbocycles. The molecular formula is C25H24N2O4. The van der Waals surface area contributed by atoms with Gasteiger partial charge in [-0.1, -0.05) is 36.4 Å². The van der Waals surface area contributed by atoms with Crippen molar-refractivity contribution in [2.24, 2.45) is 0 Å². The second-order valence-corrected chi connectivity index (χ2v) is 7.39. The van der Waals surface area contributed by atoms with Crippen molar-refractivity contribution in [3.05, 3.63) is 89.5 Å². The first kappa shape index (κ1) is 20.5. The average Bonchev–Trinajstić information content (AvgIpc) is 2.79. The molecular weight excluding hydrogens is 392 g/mol. The van der Waals surface area contributed by atoms with Crippen molar-refractivity contribution in [3.63, 3.8) is 0 Å². The number of benzene rings is 3. The standard InChI is InChI=1S/C25H24N2O4/c1-17(26-24(28)15-18-10-11-22-23(14-18)31-13-12-30-22)20-8-5-9-21(16-20)27-25(29)19-6-3-2-4-7-19/h2-11,14,16-17H,12-13,15H2,1H3,(H,26,28)(H,27,29). The van der Waals surface area contributed by atoms with Gasteiger partial charge in [-0.2, -0.15) is 0 Å². The molecule has 0 radical (unpaired) electrons. The summed E-state index contributed by atoms with van der Waals surface area (Å²) < 4.78 is 11.1. The SMILES string of the molecule is CC(NC(=O)Cc1ccc2c(c1)OCCO2)c1cccc(NC(=O)c2ccccc2)c1. The van der Waals surface area contributed by atoms with Gasteiger partial charge in [-0.15, -0.1) is 0 Å². The van der Waals surface area contributed by atoms with Crippen LogP contribution in [0.1, 0.15) is 34.5 Å². The van der Waals surface area contributed by atoms with E-state index in [9.17, 15) is 9.59 Å². The second kappa shape index (κ2) is 9.34. The average molecular weight is 416 g/mol. The van der Waals surface area contributed by atoms with E-state index >= 15 is 0 Å². The molecule has 6 nitrogen and oxygen atoms in total. The molecule has 1 atom stereocenters. The third kappa shape index (κ3) is 5.22. The van der Waals surface area contributed by atoms with Crippen LogP contribution in [0.2, 0.25) is 0 Å². The molecule has 1 unspecified atom stereocenters. The molecule has 0 bridgehead atoms. The Morgan fingerprint density at radius 2 is 1.68 bits per heavy atom. The van der Waals surface area contributed by atoms with Gasteiger partial charge in [-0.05, 0) is 54.4 Å². The molecule has 31 heavy (non-hydrogen) atoms. The summed E-state index contributed by atoms with van der Waals surface area (Å²) in [7, 11) is 0. The topological polar surface area (TPSA) is 76.7 Å². The second-order valence-electron chi connectivity index (χ2n) is 7.39. The summed E-state index contributed by atoms with van der Waals surface area (Å²) in [5, 5.41) is 5.91. The van der Waals surface area contributed by atoms with Gasteiger partial charge in [0.05, 0.1) is 12.5 Å². The van der Waals surface area contributed by atoms with Gasteiger partial charge < -0.3 is 20.1 Å². The maximum absolute atomic E-state index is 12.6. The normalized spacial score (nSPS) is 13.2. The van der Waals surface area contributed by atoms with Crippen molar-refractivity contribution in [2.45, 2.75) is 19.4 Å². The van der Waals surface area contributed by atoms with Crippen LogP contribution >= 0.6 is 0 Å². The molecule has 0 aromatic heterocycles. The van der Waals surface area contributed by atoms with Crippen molar-refractivity contribution in [1.82, 2.24) is 5.32 Å². The van der Waals surface area contributed by atoms with E-state index < -0.39 is 0 Å². The molecule has 3 aromatic rings. The molecule has 0 fully saturated rings. The van der Waals surface area contributed by atoms with Crippen molar-refractivity contribution in [2.75, 3.05) is 18.5 Å². The number of hydrogen-bond acceptors (Lipinski definition) is 4. The Hall–Kier alpha value is -3.80. The number of anilines is 1. The summed E-state index contributed by atoms with van der Waals surface area (Å²) >= 11 is 0. The molecule has 2 amide bonds. The zero-order valence-electron chi connectivity index (χ0n) is 17.3. The van der Waals surface area contributed by atoms with Crippen molar-refractivity contribution in [1.29, 1.82) is 0 Å². The maximum Gasteiger partial charge on any atom is 0.255 e. The minimum absolute atomic E-state index is 0.0945. The highest BCUT2D eigenvalue weighted by Gasteiger charge is 2.15. The van der Waals surface area contributed by atoms with Crippen LogP contribution in [-0.2, 0) is 11.2 Å². The summed E-state index contributed by atoms with van der Waals surface area (Å²) in [5.41, 5.74) is 3.03. The number of fused-ring (bicyclic) bond motifs is 1. The lowest BCUT2D eigenvalue weighted by Crippen LogP contribution is -2.28. The number of rotatable bonds is 6. The maximum atomic E-state index is 12.6. The van der Waals surface area contributed by atoms with Crippen LogP contribution in [0.4, 0.5) is 5.69 Å². The van der Waals surface area contributed by atoms with Gasteiger partial charge in [-0.25, -0.2) is 0 Å². The first-order chi connectivity index (χ1) is 15.1. The van der Waals surface area contributed by atoms with Crippen LogP contribution in [0.3, 0.4) is 0 Å². The smallest absolute Gasteiger partial charge is 0.255 e. The summed E-state index contributed by atoms with van der Waals surface area (Å²) in [4.78, 5) is 24.9. The minimum atomic E-state index is -0.210. The Balaban J connectivity index is 1.37. The summed E-state index contributed by atoms with van der Waals surface area (Å²) in [5.74, 6) is 1.11. The molecule has 1 aliphatic heterocycles. The lowest BCUT2D eigenvalue weighted by atomic mass is 10.1. The lowest BCUT2D eigenvalue weighted by Gasteiger charge is -2.19. The predicted octanol–water partition coefficient (Wildman–Crippen LogP) is 4.13. The zero-order valence-corrected chi connectivity index (χ0v) is 17.3. The van der Waals surface area contributed by atoms with Gasteiger partial charge >= 0.3 is 0 Å². The molecule has 0 spiro atoms. The third-order valence-corrected chi connectivity index (χ3v) is 5.03. The van der Waals surface area contributed by atoms with E-state index in [0.29, 0.717) is 36.0 Å². The van der Waals surface area contributed by atoms with Crippen LogP contribution in [-0.4, -0.2) is 25.0 Å². The monoisotopic (exact) mass is 416 g/mol. The Morgan fingerprint density at radius 1 is 0.903 bits per heavy atom. The van der Waals surface area contributed by atoms with E-state index in [1.54, 1.807) is 12.1 Å². The molecule has 158 valence electrons. The molecule has 2 N–H and O–H groups in total. The van der Waals surface area contributed by atoms with E-state index in [2.05, 4.69) is 10.6 Å². The molecule has 0 saturated heterocycles. The Bertz CT molecular complexity index is 1080. The number of carbonyl (C=O) groups is 2. The van der Waals surface area contributed by atoms with Crippen LogP contribution < -0.4 is 20.1 Å².